The van der Waals surface area contributed by atoms with E-state index < -0.39 is 0 Å². The fourth-order valence-electron chi connectivity index (χ4n) is 4.04. The Hall–Kier alpha value is -3.00. The van der Waals surface area contributed by atoms with Gasteiger partial charge in [0.1, 0.15) is 5.01 Å². The smallest absolute Gasteiger partial charge is 0.192 e. The van der Waals surface area contributed by atoms with Crippen LogP contribution in [0.1, 0.15) is 21.7 Å². The zero-order chi connectivity index (χ0) is 24.4. The Kier molecular flexibility index (Phi) is 7.00. The second-order valence-corrected chi connectivity index (χ2v) is 11.3. The molecular formula is C28H26N4S3. The van der Waals surface area contributed by atoms with Gasteiger partial charge in [-0.1, -0.05) is 71.9 Å². The van der Waals surface area contributed by atoms with Crippen LogP contribution in [0.3, 0.4) is 0 Å². The summed E-state index contributed by atoms with van der Waals surface area (Å²) < 4.78 is 2.16. The van der Waals surface area contributed by atoms with Crippen LogP contribution in [0, 0.1) is 20.8 Å². The van der Waals surface area contributed by atoms with Crippen LogP contribution >= 0.6 is 34.4 Å². The fourth-order valence-corrected chi connectivity index (χ4v) is 6.75. The summed E-state index contributed by atoms with van der Waals surface area (Å²) in [6.45, 7) is 11.0. The lowest BCUT2D eigenvalue weighted by Crippen LogP contribution is -2.01. The van der Waals surface area contributed by atoms with Crippen LogP contribution in [0.2, 0.25) is 0 Å². The van der Waals surface area contributed by atoms with Gasteiger partial charge in [-0.2, -0.15) is 0 Å². The van der Waals surface area contributed by atoms with Gasteiger partial charge in [-0.15, -0.1) is 39.4 Å². The third-order valence-electron chi connectivity index (χ3n) is 5.86. The molecule has 5 aromatic rings. The Morgan fingerprint density at radius 1 is 0.943 bits per heavy atom. The number of rotatable bonds is 8. The molecule has 2 aromatic carbocycles. The lowest BCUT2D eigenvalue weighted by molar-refractivity contribution is 0.731. The van der Waals surface area contributed by atoms with Crippen LogP contribution in [0.4, 0.5) is 0 Å². The summed E-state index contributed by atoms with van der Waals surface area (Å²) in [6, 6.07) is 17.1. The van der Waals surface area contributed by atoms with Gasteiger partial charge < -0.3 is 0 Å². The van der Waals surface area contributed by atoms with Gasteiger partial charge in [-0.3, -0.25) is 4.57 Å². The van der Waals surface area contributed by atoms with E-state index in [1.165, 1.54) is 32.7 Å². The minimum absolute atomic E-state index is 0.651. The number of thioether (sulfide) groups is 1. The number of thiazole rings is 1. The van der Waals surface area contributed by atoms with Crippen molar-refractivity contribution >= 4 is 34.4 Å². The number of thiophene rings is 1. The standard InChI is InChI=1S/C28H26N4S3/c1-5-14-32-26(24-17-33-20(4)25(24)21-12-10-18(2)11-13-21)30-31-28(32)35-16-22-15-34-27(29-22)23-9-7-6-8-19(23)3/h5-13,15,17H,1,14,16H2,2-4H3. The molecule has 0 aliphatic heterocycles. The average Bonchev–Trinajstić information content (AvgIpc) is 3.58. The maximum atomic E-state index is 4.88. The van der Waals surface area contributed by atoms with E-state index in [9.17, 15) is 0 Å². The topological polar surface area (TPSA) is 43.6 Å². The Bertz CT molecular complexity index is 1470. The highest BCUT2D eigenvalue weighted by molar-refractivity contribution is 7.98. The zero-order valence-electron chi connectivity index (χ0n) is 20.0. The van der Waals surface area contributed by atoms with Crippen molar-refractivity contribution in [3.05, 3.63) is 93.6 Å². The molecule has 0 saturated carbocycles. The van der Waals surface area contributed by atoms with Crippen molar-refractivity contribution < 1.29 is 0 Å². The number of aryl methyl sites for hydroxylation is 3. The number of aromatic nitrogens is 4. The van der Waals surface area contributed by atoms with Crippen LogP contribution < -0.4 is 0 Å². The van der Waals surface area contributed by atoms with Crippen LogP contribution in [-0.2, 0) is 12.3 Å². The van der Waals surface area contributed by atoms with Gasteiger partial charge in [0.15, 0.2) is 11.0 Å². The van der Waals surface area contributed by atoms with Crippen molar-refractivity contribution in [2.24, 2.45) is 0 Å². The molecule has 0 radical (unpaired) electrons. The number of allylic oxidation sites excluding steroid dienone is 1. The maximum absolute atomic E-state index is 4.88. The molecule has 0 fully saturated rings. The number of benzene rings is 2. The SMILES string of the molecule is C=CCn1c(SCc2csc(-c3ccccc3C)n2)nnc1-c1csc(C)c1-c1ccc(C)cc1. The van der Waals surface area contributed by atoms with Gasteiger partial charge >= 0.3 is 0 Å². The molecule has 0 aliphatic carbocycles. The Morgan fingerprint density at radius 2 is 1.74 bits per heavy atom. The third kappa shape index (κ3) is 4.89. The molecule has 0 amide bonds. The van der Waals surface area contributed by atoms with Crippen LogP contribution in [-0.4, -0.2) is 19.7 Å². The van der Waals surface area contributed by atoms with Gasteiger partial charge in [0.25, 0.3) is 0 Å². The molecule has 3 aromatic heterocycles. The Morgan fingerprint density at radius 3 is 2.51 bits per heavy atom. The van der Waals surface area contributed by atoms with E-state index in [1.807, 2.05) is 6.08 Å². The maximum Gasteiger partial charge on any atom is 0.192 e. The number of hydrogen-bond acceptors (Lipinski definition) is 6. The molecule has 3 heterocycles. The normalized spacial score (nSPS) is 11.2. The summed E-state index contributed by atoms with van der Waals surface area (Å²) in [5, 5.41) is 15.5. The zero-order valence-corrected chi connectivity index (χ0v) is 22.4. The van der Waals surface area contributed by atoms with Crippen LogP contribution in [0.15, 0.2) is 77.1 Å². The Balaban J connectivity index is 1.43. The van der Waals surface area contributed by atoms with E-state index in [1.54, 1.807) is 34.4 Å². The second kappa shape index (κ2) is 10.3. The highest BCUT2D eigenvalue weighted by Crippen LogP contribution is 2.39. The summed E-state index contributed by atoms with van der Waals surface area (Å²) in [6.07, 6.45) is 1.90. The fraction of sp³-hybridized carbons (Fsp3) is 0.179. The largest absolute Gasteiger partial charge is 0.298 e. The van der Waals surface area contributed by atoms with Gasteiger partial charge in [-0.25, -0.2) is 4.98 Å². The van der Waals surface area contributed by atoms with Crippen molar-refractivity contribution in [1.82, 2.24) is 19.7 Å². The predicted octanol–water partition coefficient (Wildman–Crippen LogP) is 8.20. The molecule has 0 bridgehead atoms. The second-order valence-electron chi connectivity index (χ2n) is 8.40. The molecule has 0 aliphatic rings. The van der Waals surface area contributed by atoms with Crippen molar-refractivity contribution in [1.29, 1.82) is 0 Å². The molecule has 0 unspecified atom stereocenters. The van der Waals surface area contributed by atoms with E-state index in [0.29, 0.717) is 6.54 Å². The molecule has 7 heteroatoms. The molecule has 0 N–H and O–H groups in total. The lowest BCUT2D eigenvalue weighted by atomic mass is 10.0. The molecule has 35 heavy (non-hydrogen) atoms. The van der Waals surface area contributed by atoms with E-state index in [4.69, 9.17) is 4.98 Å². The highest BCUT2D eigenvalue weighted by atomic mass is 32.2. The molecule has 0 spiro atoms. The van der Waals surface area contributed by atoms with Crippen LogP contribution in [0.25, 0.3) is 33.1 Å². The van der Waals surface area contributed by atoms with Gasteiger partial charge in [0.05, 0.1) is 5.69 Å². The first kappa shape index (κ1) is 23.7. The minimum atomic E-state index is 0.651. The summed E-state index contributed by atoms with van der Waals surface area (Å²) in [5.41, 5.74) is 8.30. The van der Waals surface area contributed by atoms with Crippen molar-refractivity contribution in [2.75, 3.05) is 0 Å². The predicted molar refractivity (Wildman–Crippen MR) is 150 cm³/mol. The molecule has 4 nitrogen and oxygen atoms in total. The molecule has 0 saturated heterocycles. The van der Waals surface area contributed by atoms with E-state index in [2.05, 4.69) is 101 Å². The minimum Gasteiger partial charge on any atom is -0.298 e. The Labute approximate surface area is 218 Å². The summed E-state index contributed by atoms with van der Waals surface area (Å²) >= 11 is 5.11. The third-order valence-corrected chi connectivity index (χ3v) is 8.70. The van der Waals surface area contributed by atoms with Crippen molar-refractivity contribution in [3.63, 3.8) is 0 Å². The molecule has 0 atom stereocenters. The van der Waals surface area contributed by atoms with Gasteiger partial charge in [0, 0.05) is 44.6 Å². The van der Waals surface area contributed by atoms with E-state index in [0.717, 1.165) is 33.0 Å². The van der Waals surface area contributed by atoms with Gasteiger partial charge in [0.2, 0.25) is 0 Å². The first-order valence-corrected chi connectivity index (χ1v) is 14.1. The highest BCUT2D eigenvalue weighted by Gasteiger charge is 2.20. The van der Waals surface area contributed by atoms with E-state index >= 15 is 0 Å². The van der Waals surface area contributed by atoms with Crippen molar-refractivity contribution in [2.45, 2.75) is 38.2 Å². The van der Waals surface area contributed by atoms with E-state index in [-0.39, 0.29) is 0 Å². The quantitative estimate of drug-likeness (QED) is 0.155. The number of hydrogen-bond donors (Lipinski definition) is 0. The molecule has 176 valence electrons. The number of nitrogens with zero attached hydrogens (tertiary/aromatic N) is 4. The first-order chi connectivity index (χ1) is 17.0. The summed E-state index contributed by atoms with van der Waals surface area (Å²) in [7, 11) is 0. The summed E-state index contributed by atoms with van der Waals surface area (Å²) in [5.74, 6) is 1.62. The van der Waals surface area contributed by atoms with Gasteiger partial charge in [-0.05, 0) is 31.9 Å². The summed E-state index contributed by atoms with van der Waals surface area (Å²) in [4.78, 5) is 6.16. The monoisotopic (exact) mass is 514 g/mol. The lowest BCUT2D eigenvalue weighted by Gasteiger charge is -2.10. The molecular weight excluding hydrogens is 489 g/mol. The first-order valence-electron chi connectivity index (χ1n) is 11.4. The average molecular weight is 515 g/mol. The van der Waals surface area contributed by atoms with Crippen LogP contribution in [0.5, 0.6) is 0 Å². The molecule has 5 rings (SSSR count). The van der Waals surface area contributed by atoms with Crippen molar-refractivity contribution in [3.8, 4) is 33.1 Å².